The van der Waals surface area contributed by atoms with Gasteiger partial charge in [0.15, 0.2) is 0 Å². The number of hydrogen-bond donors (Lipinski definition) is 1. The van der Waals surface area contributed by atoms with E-state index in [4.69, 9.17) is 0 Å². The first-order valence-corrected chi connectivity index (χ1v) is 7.65. The number of nitrogens with zero attached hydrogens (tertiary/aromatic N) is 2. The van der Waals surface area contributed by atoms with Crippen LogP contribution in [-0.2, 0) is 13.0 Å². The maximum atomic E-state index is 11.9. The molecule has 2 heterocycles. The van der Waals surface area contributed by atoms with E-state index in [1.165, 1.54) is 11.1 Å². The second-order valence-electron chi connectivity index (χ2n) is 5.72. The highest BCUT2D eigenvalue weighted by atomic mass is 16.2. The summed E-state index contributed by atoms with van der Waals surface area (Å²) in [5.74, 6) is 0. The van der Waals surface area contributed by atoms with Crippen LogP contribution in [0.1, 0.15) is 24.0 Å². The minimum absolute atomic E-state index is 0.111. The van der Waals surface area contributed by atoms with Crippen molar-refractivity contribution in [1.82, 2.24) is 15.1 Å². The van der Waals surface area contributed by atoms with Crippen molar-refractivity contribution in [2.45, 2.75) is 25.8 Å². The first-order valence-electron chi connectivity index (χ1n) is 7.65. The second-order valence-corrected chi connectivity index (χ2v) is 5.72. The third kappa shape index (κ3) is 3.12. The van der Waals surface area contributed by atoms with Gasteiger partial charge in [-0.15, -0.1) is 0 Å². The molecule has 0 aliphatic carbocycles. The topological polar surface area (TPSA) is 35.6 Å². The van der Waals surface area contributed by atoms with Crippen LogP contribution in [0.3, 0.4) is 0 Å². The lowest BCUT2D eigenvalue weighted by Gasteiger charge is -2.29. The van der Waals surface area contributed by atoms with Gasteiger partial charge in [-0.25, -0.2) is 4.79 Å². The van der Waals surface area contributed by atoms with Gasteiger partial charge in [0.05, 0.1) is 0 Å². The molecule has 0 atom stereocenters. The van der Waals surface area contributed by atoms with Gasteiger partial charge in [-0.05, 0) is 30.4 Å². The minimum atomic E-state index is 0.111. The zero-order valence-electron chi connectivity index (χ0n) is 12.0. The van der Waals surface area contributed by atoms with Crippen molar-refractivity contribution in [2.24, 2.45) is 0 Å². The van der Waals surface area contributed by atoms with Gasteiger partial charge in [0.1, 0.15) is 0 Å². The molecule has 1 aromatic rings. The van der Waals surface area contributed by atoms with E-state index in [-0.39, 0.29) is 6.03 Å². The Kier molecular flexibility index (Phi) is 4.21. The Morgan fingerprint density at radius 2 is 1.85 bits per heavy atom. The van der Waals surface area contributed by atoms with E-state index < -0.39 is 0 Å². The molecule has 3 rings (SSSR count). The summed E-state index contributed by atoms with van der Waals surface area (Å²) in [6, 6.07) is 8.77. The highest BCUT2D eigenvalue weighted by Gasteiger charge is 2.18. The first kappa shape index (κ1) is 13.4. The number of carbonyl (C=O) groups excluding carboxylic acids is 1. The summed E-state index contributed by atoms with van der Waals surface area (Å²) in [6.07, 6.45) is 3.42. The van der Waals surface area contributed by atoms with E-state index in [2.05, 4.69) is 34.5 Å². The highest BCUT2D eigenvalue weighted by Crippen LogP contribution is 2.17. The zero-order chi connectivity index (χ0) is 13.8. The third-order valence-electron chi connectivity index (χ3n) is 4.31. The van der Waals surface area contributed by atoms with Gasteiger partial charge in [0.25, 0.3) is 0 Å². The van der Waals surface area contributed by atoms with Crippen molar-refractivity contribution in [3.8, 4) is 0 Å². The molecule has 0 aromatic heterocycles. The van der Waals surface area contributed by atoms with Crippen LogP contribution in [0.5, 0.6) is 0 Å². The number of likely N-dealkylation sites (tertiary alicyclic amines) is 1. The first-order chi connectivity index (χ1) is 9.83. The summed E-state index contributed by atoms with van der Waals surface area (Å²) in [5, 5.41) is 3.04. The molecule has 0 radical (unpaired) electrons. The quantitative estimate of drug-likeness (QED) is 0.912. The van der Waals surface area contributed by atoms with Crippen LogP contribution in [0.2, 0.25) is 0 Å². The fourth-order valence-corrected chi connectivity index (χ4v) is 3.10. The molecule has 4 heteroatoms. The smallest absolute Gasteiger partial charge is 0.317 e. The predicted octanol–water partition coefficient (Wildman–Crippen LogP) is 1.85. The van der Waals surface area contributed by atoms with Gasteiger partial charge in [-0.3, -0.25) is 4.90 Å². The summed E-state index contributed by atoms with van der Waals surface area (Å²) < 4.78 is 0. The van der Waals surface area contributed by atoms with Gasteiger partial charge in [0, 0.05) is 39.3 Å². The summed E-state index contributed by atoms with van der Waals surface area (Å²) in [6.45, 7) is 5.63. The molecule has 2 aliphatic rings. The predicted molar refractivity (Wildman–Crippen MR) is 79.6 cm³/mol. The van der Waals surface area contributed by atoms with Crippen LogP contribution >= 0.6 is 0 Å². The van der Waals surface area contributed by atoms with Crippen molar-refractivity contribution in [3.63, 3.8) is 0 Å². The molecule has 20 heavy (non-hydrogen) atoms. The molecule has 0 bridgehead atoms. The molecule has 1 fully saturated rings. The average Bonchev–Trinajstić information content (AvgIpc) is 3.01. The van der Waals surface area contributed by atoms with Crippen molar-refractivity contribution in [2.75, 3.05) is 32.7 Å². The lowest BCUT2D eigenvalue weighted by molar-refractivity contribution is 0.203. The van der Waals surface area contributed by atoms with Crippen LogP contribution in [0, 0.1) is 0 Å². The Hall–Kier alpha value is -1.55. The standard InChI is InChI=1S/C16H23N3O/c20-16(19-9-3-4-10-19)17-8-12-18-11-7-14-5-1-2-6-15(14)13-18/h1-2,5-6H,3-4,7-13H2,(H,17,20). The normalized spacial score (nSPS) is 18.9. The van der Waals surface area contributed by atoms with E-state index >= 15 is 0 Å². The molecular weight excluding hydrogens is 250 g/mol. The fourth-order valence-electron chi connectivity index (χ4n) is 3.10. The number of nitrogens with one attached hydrogen (secondary N) is 1. The molecule has 2 aliphatic heterocycles. The monoisotopic (exact) mass is 273 g/mol. The Balaban J connectivity index is 1.42. The minimum Gasteiger partial charge on any atom is -0.337 e. The van der Waals surface area contributed by atoms with Crippen molar-refractivity contribution < 1.29 is 4.79 Å². The Morgan fingerprint density at radius 1 is 1.10 bits per heavy atom. The molecule has 1 N–H and O–H groups in total. The maximum Gasteiger partial charge on any atom is 0.317 e. The lowest BCUT2D eigenvalue weighted by atomic mass is 10.00. The highest BCUT2D eigenvalue weighted by molar-refractivity contribution is 5.74. The summed E-state index contributed by atoms with van der Waals surface area (Å²) in [7, 11) is 0. The molecule has 1 aromatic carbocycles. The fraction of sp³-hybridized carbons (Fsp3) is 0.562. The maximum absolute atomic E-state index is 11.9. The Labute approximate surface area is 120 Å². The molecule has 108 valence electrons. The molecule has 0 spiro atoms. The number of carbonyl (C=O) groups is 1. The van der Waals surface area contributed by atoms with E-state index in [9.17, 15) is 4.79 Å². The van der Waals surface area contributed by atoms with Crippen LogP contribution < -0.4 is 5.32 Å². The number of hydrogen-bond acceptors (Lipinski definition) is 2. The average molecular weight is 273 g/mol. The summed E-state index contributed by atoms with van der Waals surface area (Å²) >= 11 is 0. The number of amides is 2. The van der Waals surface area contributed by atoms with Gasteiger partial charge in [-0.1, -0.05) is 24.3 Å². The molecular formula is C16H23N3O. The van der Waals surface area contributed by atoms with E-state index in [0.29, 0.717) is 0 Å². The van der Waals surface area contributed by atoms with Crippen molar-refractivity contribution >= 4 is 6.03 Å². The van der Waals surface area contributed by atoms with Crippen molar-refractivity contribution in [1.29, 1.82) is 0 Å². The zero-order valence-corrected chi connectivity index (χ0v) is 12.0. The van der Waals surface area contributed by atoms with Crippen molar-refractivity contribution in [3.05, 3.63) is 35.4 Å². The molecule has 4 nitrogen and oxygen atoms in total. The van der Waals surface area contributed by atoms with Crippen LogP contribution in [0.25, 0.3) is 0 Å². The molecule has 0 saturated carbocycles. The van der Waals surface area contributed by atoms with Gasteiger partial charge in [-0.2, -0.15) is 0 Å². The second kappa shape index (κ2) is 6.27. The summed E-state index contributed by atoms with van der Waals surface area (Å²) in [4.78, 5) is 16.2. The largest absolute Gasteiger partial charge is 0.337 e. The SMILES string of the molecule is O=C(NCCN1CCc2ccccc2C1)N1CCCC1. The molecule has 0 unspecified atom stereocenters. The number of rotatable bonds is 3. The third-order valence-corrected chi connectivity index (χ3v) is 4.31. The van der Waals surface area contributed by atoms with E-state index in [0.717, 1.165) is 58.5 Å². The van der Waals surface area contributed by atoms with Gasteiger partial charge < -0.3 is 10.2 Å². The van der Waals surface area contributed by atoms with Crippen LogP contribution in [0.4, 0.5) is 4.79 Å². The molecule has 1 saturated heterocycles. The van der Waals surface area contributed by atoms with Gasteiger partial charge in [0.2, 0.25) is 0 Å². The lowest BCUT2D eigenvalue weighted by Crippen LogP contribution is -2.42. The Bertz CT molecular complexity index is 469. The van der Waals surface area contributed by atoms with Crippen LogP contribution in [-0.4, -0.2) is 48.6 Å². The van der Waals surface area contributed by atoms with Crippen LogP contribution in [0.15, 0.2) is 24.3 Å². The molecule has 2 amide bonds. The number of fused-ring (bicyclic) bond motifs is 1. The number of urea groups is 1. The van der Waals surface area contributed by atoms with E-state index in [1.807, 2.05) is 4.90 Å². The number of benzene rings is 1. The summed E-state index contributed by atoms with van der Waals surface area (Å²) in [5.41, 5.74) is 2.91. The van der Waals surface area contributed by atoms with Gasteiger partial charge >= 0.3 is 6.03 Å². The Morgan fingerprint density at radius 3 is 2.65 bits per heavy atom. The van der Waals surface area contributed by atoms with E-state index in [1.54, 1.807) is 0 Å².